The molecule has 6 heteroatoms. The van der Waals surface area contributed by atoms with Crippen LogP contribution >= 0.6 is 11.6 Å². The van der Waals surface area contributed by atoms with E-state index in [1.165, 1.54) is 0 Å². The van der Waals surface area contributed by atoms with Crippen molar-refractivity contribution in [1.29, 1.82) is 0 Å². The third kappa shape index (κ3) is 4.31. The number of halogens is 1. The van der Waals surface area contributed by atoms with Gasteiger partial charge in [0.15, 0.2) is 5.58 Å². The number of nitrogens with one attached hydrogen (secondary N) is 1. The molecule has 0 fully saturated rings. The predicted molar refractivity (Wildman–Crippen MR) is 119 cm³/mol. The Hall–Kier alpha value is -3.31. The fourth-order valence-electron chi connectivity index (χ4n) is 3.06. The van der Waals surface area contributed by atoms with Crippen molar-refractivity contribution < 1.29 is 13.9 Å². The highest BCUT2D eigenvalue weighted by atomic mass is 35.5. The number of aromatic nitrogens is 1. The van der Waals surface area contributed by atoms with E-state index in [1.54, 1.807) is 36.4 Å². The number of carbonyl (C=O) groups is 1. The molecule has 1 N–H and O–H groups in total. The van der Waals surface area contributed by atoms with E-state index in [2.05, 4.69) is 10.3 Å². The van der Waals surface area contributed by atoms with Gasteiger partial charge < -0.3 is 14.5 Å². The van der Waals surface area contributed by atoms with Crippen LogP contribution < -0.4 is 10.1 Å². The van der Waals surface area contributed by atoms with Crippen LogP contribution in [0.15, 0.2) is 65.1 Å². The van der Waals surface area contributed by atoms with E-state index < -0.39 is 0 Å². The molecule has 152 valence electrons. The van der Waals surface area contributed by atoms with Gasteiger partial charge in [-0.25, -0.2) is 4.98 Å². The zero-order valence-electron chi connectivity index (χ0n) is 16.7. The van der Waals surface area contributed by atoms with Gasteiger partial charge in [0.25, 0.3) is 5.91 Å². The van der Waals surface area contributed by atoms with E-state index >= 15 is 0 Å². The summed E-state index contributed by atoms with van der Waals surface area (Å²) < 4.78 is 11.5. The van der Waals surface area contributed by atoms with Gasteiger partial charge in [-0.2, -0.15) is 0 Å². The summed E-state index contributed by atoms with van der Waals surface area (Å²) in [5.41, 5.74) is 4.25. The average Bonchev–Trinajstić information content (AvgIpc) is 3.16. The zero-order chi connectivity index (χ0) is 21.1. The first kappa shape index (κ1) is 20.0. The number of rotatable bonds is 6. The molecule has 0 saturated heterocycles. The van der Waals surface area contributed by atoms with Gasteiger partial charge in [0, 0.05) is 11.3 Å². The van der Waals surface area contributed by atoms with E-state index in [-0.39, 0.29) is 5.91 Å². The quantitative estimate of drug-likeness (QED) is 0.386. The van der Waals surface area contributed by atoms with Crippen molar-refractivity contribution in [2.24, 2.45) is 0 Å². The topological polar surface area (TPSA) is 64.4 Å². The molecule has 1 heterocycles. The summed E-state index contributed by atoms with van der Waals surface area (Å²) in [5.74, 6) is 0.841. The van der Waals surface area contributed by atoms with Crippen molar-refractivity contribution in [2.45, 2.75) is 20.3 Å². The summed E-state index contributed by atoms with van der Waals surface area (Å²) in [4.78, 5) is 17.2. The molecule has 4 aromatic rings. The molecule has 1 amide bonds. The number of carbonyl (C=O) groups excluding carboxylic acids is 1. The fraction of sp³-hybridized carbons (Fsp3) is 0.167. The summed E-state index contributed by atoms with van der Waals surface area (Å²) >= 11 is 6.38. The first-order valence-electron chi connectivity index (χ1n) is 9.75. The maximum Gasteiger partial charge on any atom is 0.255 e. The highest BCUT2D eigenvalue weighted by molar-refractivity contribution is 6.33. The van der Waals surface area contributed by atoms with Gasteiger partial charge >= 0.3 is 0 Å². The van der Waals surface area contributed by atoms with Crippen LogP contribution in [0.1, 0.15) is 29.3 Å². The van der Waals surface area contributed by atoms with Crippen LogP contribution in [0.2, 0.25) is 5.02 Å². The highest BCUT2D eigenvalue weighted by Gasteiger charge is 2.14. The maximum absolute atomic E-state index is 12.7. The monoisotopic (exact) mass is 420 g/mol. The smallest absolute Gasteiger partial charge is 0.255 e. The van der Waals surface area contributed by atoms with Crippen LogP contribution in [0, 0.1) is 6.92 Å². The summed E-state index contributed by atoms with van der Waals surface area (Å²) in [7, 11) is 0. The van der Waals surface area contributed by atoms with Crippen molar-refractivity contribution in [3.05, 3.63) is 76.8 Å². The Labute approximate surface area is 179 Å². The minimum absolute atomic E-state index is 0.238. The summed E-state index contributed by atoms with van der Waals surface area (Å²) in [6.45, 7) is 4.63. The molecule has 0 bridgehead atoms. The number of ether oxygens (including phenoxy) is 1. The van der Waals surface area contributed by atoms with Crippen molar-refractivity contribution in [3.63, 3.8) is 0 Å². The molecule has 0 aliphatic carbocycles. The van der Waals surface area contributed by atoms with E-state index in [1.807, 2.05) is 38.1 Å². The third-order valence-corrected chi connectivity index (χ3v) is 4.90. The van der Waals surface area contributed by atoms with Crippen molar-refractivity contribution in [3.8, 4) is 17.2 Å². The van der Waals surface area contributed by atoms with Crippen molar-refractivity contribution in [2.75, 3.05) is 11.9 Å². The Morgan fingerprint density at radius 2 is 2.00 bits per heavy atom. The number of hydrogen-bond acceptors (Lipinski definition) is 4. The molecule has 4 rings (SSSR count). The molecule has 5 nitrogen and oxygen atoms in total. The number of anilines is 1. The molecule has 3 aromatic carbocycles. The lowest BCUT2D eigenvalue weighted by atomic mass is 10.1. The molecule has 0 radical (unpaired) electrons. The standard InChI is InChI=1S/C24H21ClN2O3/c1-3-11-29-18-6-4-5-16(13-18)23(28)26-17-8-9-20(25)19(14-17)24-27-21-10-7-15(2)12-22(21)30-24/h4-10,12-14H,3,11H2,1-2H3,(H,26,28). The van der Waals surface area contributed by atoms with Gasteiger partial charge in [0.05, 0.1) is 17.2 Å². The second kappa shape index (κ2) is 8.59. The van der Waals surface area contributed by atoms with Gasteiger partial charge in [-0.15, -0.1) is 0 Å². The molecule has 0 saturated carbocycles. The third-order valence-electron chi connectivity index (χ3n) is 4.57. The van der Waals surface area contributed by atoms with Gasteiger partial charge in [0.1, 0.15) is 11.3 Å². The van der Waals surface area contributed by atoms with E-state index in [0.717, 1.165) is 17.5 Å². The predicted octanol–water partition coefficient (Wildman–Crippen LogP) is 6.50. The zero-order valence-corrected chi connectivity index (χ0v) is 17.5. The Kier molecular flexibility index (Phi) is 5.72. The number of fused-ring (bicyclic) bond motifs is 1. The molecular weight excluding hydrogens is 400 g/mol. The minimum atomic E-state index is -0.238. The summed E-state index contributed by atoms with van der Waals surface area (Å²) in [6, 6.07) is 18.1. The molecule has 0 atom stereocenters. The van der Waals surface area contributed by atoms with Gasteiger partial charge in [-0.3, -0.25) is 4.79 Å². The van der Waals surface area contributed by atoms with Crippen LogP contribution in [0.3, 0.4) is 0 Å². The summed E-state index contributed by atoms with van der Waals surface area (Å²) in [6.07, 6.45) is 0.902. The highest BCUT2D eigenvalue weighted by Crippen LogP contribution is 2.32. The molecule has 1 aromatic heterocycles. The molecule has 0 aliphatic heterocycles. The largest absolute Gasteiger partial charge is 0.494 e. The Morgan fingerprint density at radius 3 is 2.83 bits per heavy atom. The number of oxazole rings is 1. The van der Waals surface area contributed by atoms with Crippen LogP contribution in [-0.4, -0.2) is 17.5 Å². The normalized spacial score (nSPS) is 10.9. The second-order valence-electron chi connectivity index (χ2n) is 7.02. The van der Waals surface area contributed by atoms with E-state index in [4.69, 9.17) is 20.8 Å². The number of aryl methyl sites for hydroxylation is 1. The number of nitrogens with zero attached hydrogens (tertiary/aromatic N) is 1. The van der Waals surface area contributed by atoms with Gasteiger partial charge in [0.2, 0.25) is 5.89 Å². The fourth-order valence-corrected chi connectivity index (χ4v) is 3.26. The SMILES string of the molecule is CCCOc1cccc(C(=O)Nc2ccc(Cl)c(-c3nc4ccc(C)cc4o3)c2)c1. The Morgan fingerprint density at radius 1 is 1.13 bits per heavy atom. The van der Waals surface area contributed by atoms with Crippen molar-refractivity contribution >= 4 is 34.3 Å². The molecule has 30 heavy (non-hydrogen) atoms. The van der Waals surface area contributed by atoms with Gasteiger partial charge in [-0.1, -0.05) is 30.7 Å². The van der Waals surface area contributed by atoms with Crippen molar-refractivity contribution in [1.82, 2.24) is 4.98 Å². The van der Waals surface area contributed by atoms with Crippen LogP contribution in [0.4, 0.5) is 5.69 Å². The number of amides is 1. The van der Waals surface area contributed by atoms with Crippen LogP contribution in [0.5, 0.6) is 5.75 Å². The second-order valence-corrected chi connectivity index (χ2v) is 7.42. The minimum Gasteiger partial charge on any atom is -0.494 e. The molecule has 0 unspecified atom stereocenters. The molecule has 0 spiro atoms. The lowest BCUT2D eigenvalue weighted by molar-refractivity contribution is 0.102. The Balaban J connectivity index is 1.59. The first-order valence-corrected chi connectivity index (χ1v) is 10.1. The lowest BCUT2D eigenvalue weighted by Gasteiger charge is -2.09. The van der Waals surface area contributed by atoms with Crippen LogP contribution in [-0.2, 0) is 0 Å². The molecule has 0 aliphatic rings. The maximum atomic E-state index is 12.7. The van der Waals surface area contributed by atoms with E-state index in [9.17, 15) is 4.79 Å². The van der Waals surface area contributed by atoms with Crippen LogP contribution in [0.25, 0.3) is 22.6 Å². The average molecular weight is 421 g/mol. The summed E-state index contributed by atoms with van der Waals surface area (Å²) in [5, 5.41) is 3.39. The number of benzene rings is 3. The molecular formula is C24H21ClN2O3. The Bertz CT molecular complexity index is 1220. The van der Waals surface area contributed by atoms with Gasteiger partial charge in [-0.05, 0) is 67.4 Å². The van der Waals surface area contributed by atoms with E-state index in [0.29, 0.717) is 45.7 Å². The first-order chi connectivity index (χ1) is 14.5. The lowest BCUT2D eigenvalue weighted by Crippen LogP contribution is -2.12. The number of hydrogen-bond donors (Lipinski definition) is 1.